The van der Waals surface area contributed by atoms with Gasteiger partial charge in [-0.2, -0.15) is 0 Å². The van der Waals surface area contributed by atoms with Gasteiger partial charge in [-0.15, -0.1) is 23.1 Å². The molecule has 0 aliphatic heterocycles. The van der Waals surface area contributed by atoms with Gasteiger partial charge in [0.05, 0.1) is 22.9 Å². The van der Waals surface area contributed by atoms with E-state index in [1.165, 1.54) is 23.1 Å². The third-order valence-electron chi connectivity index (χ3n) is 4.72. The Labute approximate surface area is 225 Å². The summed E-state index contributed by atoms with van der Waals surface area (Å²) in [6.45, 7) is 0. The number of carbonyl (C=O) groups excluding carboxylic acids is 2. The summed E-state index contributed by atoms with van der Waals surface area (Å²) in [7, 11) is 0. The Balaban J connectivity index is 1.29. The smallest absolute Gasteiger partial charge is 0.236 e. The van der Waals surface area contributed by atoms with Crippen LogP contribution in [-0.4, -0.2) is 22.6 Å². The Bertz CT molecular complexity index is 1360. The molecule has 0 aliphatic carbocycles. The van der Waals surface area contributed by atoms with Crippen LogP contribution in [0.5, 0.6) is 0 Å². The van der Waals surface area contributed by atoms with E-state index in [9.17, 15) is 9.59 Å². The lowest BCUT2D eigenvalue weighted by Gasteiger charge is -2.08. The van der Waals surface area contributed by atoms with Gasteiger partial charge in [-0.1, -0.05) is 53.0 Å². The van der Waals surface area contributed by atoms with Gasteiger partial charge in [0.1, 0.15) is 0 Å². The second-order valence-electron chi connectivity index (χ2n) is 7.38. The van der Waals surface area contributed by atoms with E-state index < -0.39 is 0 Å². The molecule has 0 saturated carbocycles. The molecule has 4 aromatic rings. The van der Waals surface area contributed by atoms with Gasteiger partial charge in [-0.25, -0.2) is 4.98 Å². The zero-order chi connectivity index (χ0) is 24.8. The van der Waals surface area contributed by atoms with E-state index in [2.05, 4.69) is 15.6 Å². The molecule has 1 aromatic heterocycles. The van der Waals surface area contributed by atoms with Crippen molar-refractivity contribution in [1.82, 2.24) is 4.98 Å². The van der Waals surface area contributed by atoms with Crippen LogP contribution in [0.1, 0.15) is 5.56 Å². The topological polar surface area (TPSA) is 71.1 Å². The molecule has 0 fully saturated rings. The first-order chi connectivity index (χ1) is 16.9. The first-order valence-electron chi connectivity index (χ1n) is 10.3. The molecule has 0 aliphatic rings. The van der Waals surface area contributed by atoms with Crippen LogP contribution < -0.4 is 10.6 Å². The minimum atomic E-state index is -0.185. The van der Waals surface area contributed by atoms with Crippen LogP contribution in [0.15, 0.2) is 77.0 Å². The van der Waals surface area contributed by atoms with Gasteiger partial charge in [0.25, 0.3) is 0 Å². The minimum Gasteiger partial charge on any atom is -0.326 e. The van der Waals surface area contributed by atoms with E-state index in [-0.39, 0.29) is 24.0 Å². The third-order valence-corrected chi connectivity index (χ3v) is 7.27. The number of halogens is 3. The number of amides is 2. The van der Waals surface area contributed by atoms with Crippen molar-refractivity contribution in [2.45, 2.75) is 11.3 Å². The number of rotatable bonds is 8. The lowest BCUT2D eigenvalue weighted by atomic mass is 10.1. The summed E-state index contributed by atoms with van der Waals surface area (Å²) in [6.07, 6.45) is 0.244. The zero-order valence-electron chi connectivity index (χ0n) is 18.1. The average molecular weight is 563 g/mol. The SMILES string of the molecule is O=C(Cc1ccc(Cl)cc1)Nc1cccc(SCC(=O)Nc2nc(-c3ccc(Cl)cc3Cl)cs2)c1. The number of hydrogen-bond acceptors (Lipinski definition) is 5. The number of aromatic nitrogens is 1. The van der Waals surface area contributed by atoms with Crippen LogP contribution in [0.3, 0.4) is 0 Å². The highest BCUT2D eigenvalue weighted by Crippen LogP contribution is 2.32. The lowest BCUT2D eigenvalue weighted by Crippen LogP contribution is -2.15. The molecule has 0 bridgehead atoms. The Kier molecular flexibility index (Phi) is 8.70. The molecule has 5 nitrogen and oxygen atoms in total. The Hall–Kier alpha value is -2.55. The molecule has 2 N–H and O–H groups in total. The normalized spacial score (nSPS) is 10.7. The fourth-order valence-electron chi connectivity index (χ4n) is 3.11. The van der Waals surface area contributed by atoms with Gasteiger partial charge in [0, 0.05) is 31.6 Å². The van der Waals surface area contributed by atoms with Crippen LogP contribution in [0, 0.1) is 0 Å². The van der Waals surface area contributed by atoms with Gasteiger partial charge in [-0.05, 0) is 54.1 Å². The standard InChI is InChI=1S/C25H18Cl3N3O2S2/c26-16-6-4-15(5-7-16)10-23(32)29-18-2-1-3-19(12-18)34-14-24(33)31-25-30-22(13-35-25)20-9-8-17(27)11-21(20)28/h1-9,11-13H,10,14H2,(H,29,32)(H,30,31,33). The summed E-state index contributed by atoms with van der Waals surface area (Å²) in [5, 5.41) is 9.68. The molecular formula is C25H18Cl3N3O2S2. The van der Waals surface area contributed by atoms with Crippen LogP contribution >= 0.6 is 57.9 Å². The fourth-order valence-corrected chi connectivity index (χ4v) is 5.23. The quantitative estimate of drug-likeness (QED) is 0.216. The van der Waals surface area contributed by atoms with Crippen molar-refractivity contribution in [2.24, 2.45) is 0 Å². The first-order valence-corrected chi connectivity index (χ1v) is 13.3. The molecule has 178 valence electrons. The second-order valence-corrected chi connectivity index (χ2v) is 10.6. The highest BCUT2D eigenvalue weighted by molar-refractivity contribution is 8.00. The summed E-state index contributed by atoms with van der Waals surface area (Å²) < 4.78 is 0. The van der Waals surface area contributed by atoms with Crippen molar-refractivity contribution in [3.63, 3.8) is 0 Å². The molecule has 35 heavy (non-hydrogen) atoms. The number of thioether (sulfide) groups is 1. The van der Waals surface area contributed by atoms with Crippen molar-refractivity contribution in [2.75, 3.05) is 16.4 Å². The molecule has 4 rings (SSSR count). The van der Waals surface area contributed by atoms with E-state index in [4.69, 9.17) is 34.8 Å². The van der Waals surface area contributed by atoms with E-state index >= 15 is 0 Å². The number of anilines is 2. The number of carbonyl (C=O) groups is 2. The maximum atomic E-state index is 12.4. The van der Waals surface area contributed by atoms with Gasteiger partial charge in [0.15, 0.2) is 5.13 Å². The zero-order valence-corrected chi connectivity index (χ0v) is 22.0. The molecule has 3 aromatic carbocycles. The Morgan fingerprint density at radius 2 is 1.66 bits per heavy atom. The van der Waals surface area contributed by atoms with E-state index in [0.29, 0.717) is 31.6 Å². The summed E-state index contributed by atoms with van der Waals surface area (Å²) in [6, 6.07) is 19.7. The maximum Gasteiger partial charge on any atom is 0.236 e. The third kappa shape index (κ3) is 7.46. The average Bonchev–Trinajstić information content (AvgIpc) is 3.27. The molecular weight excluding hydrogens is 545 g/mol. The Morgan fingerprint density at radius 3 is 2.43 bits per heavy atom. The number of benzene rings is 3. The first kappa shape index (κ1) is 25.5. The van der Waals surface area contributed by atoms with Crippen molar-refractivity contribution in [1.29, 1.82) is 0 Å². The highest BCUT2D eigenvalue weighted by Gasteiger charge is 2.12. The predicted octanol–water partition coefficient (Wildman–Crippen LogP) is 7.68. The molecule has 0 radical (unpaired) electrons. The van der Waals surface area contributed by atoms with Crippen LogP contribution in [-0.2, 0) is 16.0 Å². The van der Waals surface area contributed by atoms with Crippen molar-refractivity contribution >= 4 is 80.5 Å². The molecule has 0 unspecified atom stereocenters. The van der Waals surface area contributed by atoms with Crippen molar-refractivity contribution < 1.29 is 9.59 Å². The number of nitrogens with zero attached hydrogens (tertiary/aromatic N) is 1. The van der Waals surface area contributed by atoms with E-state index in [0.717, 1.165) is 16.0 Å². The number of hydrogen-bond donors (Lipinski definition) is 2. The molecule has 0 atom stereocenters. The van der Waals surface area contributed by atoms with Gasteiger partial charge < -0.3 is 10.6 Å². The van der Waals surface area contributed by atoms with Gasteiger partial charge in [0.2, 0.25) is 11.8 Å². The largest absolute Gasteiger partial charge is 0.326 e. The summed E-state index contributed by atoms with van der Waals surface area (Å²) in [5.74, 6) is -0.124. The van der Waals surface area contributed by atoms with Crippen LogP contribution in [0.2, 0.25) is 15.1 Å². The monoisotopic (exact) mass is 561 g/mol. The summed E-state index contributed by atoms with van der Waals surface area (Å²) in [5.41, 5.74) is 2.95. The van der Waals surface area contributed by atoms with Crippen molar-refractivity contribution in [3.8, 4) is 11.3 Å². The van der Waals surface area contributed by atoms with E-state index in [1.54, 1.807) is 30.3 Å². The van der Waals surface area contributed by atoms with Crippen LogP contribution in [0.4, 0.5) is 10.8 Å². The van der Waals surface area contributed by atoms with Gasteiger partial charge >= 0.3 is 0 Å². The highest BCUT2D eigenvalue weighted by atomic mass is 35.5. The van der Waals surface area contributed by atoms with Crippen LogP contribution in [0.25, 0.3) is 11.3 Å². The lowest BCUT2D eigenvalue weighted by molar-refractivity contribution is -0.115. The summed E-state index contributed by atoms with van der Waals surface area (Å²) in [4.78, 5) is 30.1. The Morgan fingerprint density at radius 1 is 0.886 bits per heavy atom. The van der Waals surface area contributed by atoms with E-state index in [1.807, 2.05) is 41.8 Å². The van der Waals surface area contributed by atoms with Crippen molar-refractivity contribution in [3.05, 3.63) is 92.7 Å². The molecule has 2 amide bonds. The molecule has 1 heterocycles. The predicted molar refractivity (Wildman–Crippen MR) is 147 cm³/mol. The van der Waals surface area contributed by atoms with Gasteiger partial charge in [-0.3, -0.25) is 9.59 Å². The molecule has 0 saturated heterocycles. The minimum absolute atomic E-state index is 0.132. The second kappa shape index (κ2) is 11.9. The fraction of sp³-hybridized carbons (Fsp3) is 0.0800. The summed E-state index contributed by atoms with van der Waals surface area (Å²) >= 11 is 20.8. The number of thiazole rings is 1. The molecule has 10 heteroatoms. The molecule has 0 spiro atoms. The number of nitrogens with one attached hydrogen (secondary N) is 2. The maximum absolute atomic E-state index is 12.4.